The Labute approximate surface area is 150 Å². The summed E-state index contributed by atoms with van der Waals surface area (Å²) in [6.07, 6.45) is -0.458. The summed E-state index contributed by atoms with van der Waals surface area (Å²) < 4.78 is 10.2. The van der Waals surface area contributed by atoms with Gasteiger partial charge < -0.3 is 24.8 Å². The van der Waals surface area contributed by atoms with Gasteiger partial charge in [-0.3, -0.25) is 4.79 Å². The van der Waals surface area contributed by atoms with Crippen LogP contribution >= 0.6 is 0 Å². The van der Waals surface area contributed by atoms with Crippen molar-refractivity contribution in [2.75, 3.05) is 7.11 Å². The number of hydrogen-bond acceptors (Lipinski definition) is 7. The topological polar surface area (TPSA) is 113 Å². The molecule has 2 rings (SSSR count). The third kappa shape index (κ3) is 3.72. The Morgan fingerprint density at radius 1 is 0.962 bits per heavy atom. The number of aromatic hydroxyl groups is 3. The summed E-state index contributed by atoms with van der Waals surface area (Å²) in [5.41, 5.74) is -0.294. The maximum atomic E-state index is 13.0. The van der Waals surface area contributed by atoms with Crippen molar-refractivity contribution in [3.8, 4) is 23.0 Å². The van der Waals surface area contributed by atoms with Crippen LogP contribution < -0.4 is 4.74 Å². The van der Waals surface area contributed by atoms with Crippen LogP contribution in [0.15, 0.2) is 24.3 Å². The molecule has 0 heterocycles. The van der Waals surface area contributed by atoms with Crippen molar-refractivity contribution >= 4 is 11.8 Å². The number of benzene rings is 2. The Morgan fingerprint density at radius 3 is 2.04 bits per heavy atom. The molecule has 2 aromatic carbocycles. The van der Waals surface area contributed by atoms with Crippen molar-refractivity contribution < 1.29 is 34.4 Å². The number of aryl methyl sites for hydroxylation is 1. The molecule has 0 atom stereocenters. The lowest BCUT2D eigenvalue weighted by Gasteiger charge is -2.16. The third-order valence-corrected chi connectivity index (χ3v) is 3.56. The van der Waals surface area contributed by atoms with Crippen LogP contribution in [-0.2, 0) is 4.74 Å². The molecule has 0 unspecified atom stereocenters. The van der Waals surface area contributed by atoms with E-state index in [0.29, 0.717) is 5.56 Å². The molecule has 0 fully saturated rings. The van der Waals surface area contributed by atoms with E-state index < -0.39 is 29.4 Å². The zero-order valence-electron chi connectivity index (χ0n) is 14.9. The number of ether oxygens (including phenoxy) is 2. The van der Waals surface area contributed by atoms with Gasteiger partial charge in [0.1, 0.15) is 28.6 Å². The largest absolute Gasteiger partial charge is 0.508 e. The van der Waals surface area contributed by atoms with Gasteiger partial charge in [0.05, 0.1) is 24.3 Å². The highest BCUT2D eigenvalue weighted by molar-refractivity contribution is 6.18. The number of carbonyl (C=O) groups is 2. The van der Waals surface area contributed by atoms with E-state index >= 15 is 0 Å². The van der Waals surface area contributed by atoms with Crippen molar-refractivity contribution in [2.45, 2.75) is 26.9 Å². The monoisotopic (exact) mass is 360 g/mol. The van der Waals surface area contributed by atoms with E-state index in [0.717, 1.165) is 12.1 Å². The molecule has 0 spiro atoms. The zero-order chi connectivity index (χ0) is 19.6. The van der Waals surface area contributed by atoms with Crippen LogP contribution in [0.5, 0.6) is 23.0 Å². The number of esters is 1. The Kier molecular flexibility index (Phi) is 5.40. The smallest absolute Gasteiger partial charge is 0.339 e. The SMILES string of the molecule is COc1cc(O)cc(C(=O)OC(C)C)c1C(=O)c1c(O)cc(C)cc1O. The summed E-state index contributed by atoms with van der Waals surface area (Å²) in [5, 5.41) is 30.1. The summed E-state index contributed by atoms with van der Waals surface area (Å²) in [4.78, 5) is 25.4. The molecule has 0 bridgehead atoms. The van der Waals surface area contributed by atoms with E-state index in [9.17, 15) is 24.9 Å². The highest BCUT2D eigenvalue weighted by atomic mass is 16.5. The number of hydrogen-bond donors (Lipinski definition) is 3. The lowest BCUT2D eigenvalue weighted by atomic mass is 9.95. The van der Waals surface area contributed by atoms with Gasteiger partial charge >= 0.3 is 5.97 Å². The first kappa shape index (κ1) is 19.1. The molecule has 0 aliphatic carbocycles. The van der Waals surface area contributed by atoms with E-state index in [1.54, 1.807) is 20.8 Å². The van der Waals surface area contributed by atoms with Crippen molar-refractivity contribution in [1.29, 1.82) is 0 Å². The van der Waals surface area contributed by atoms with Gasteiger partial charge in [-0.05, 0) is 44.5 Å². The number of phenolic OH excluding ortho intramolecular Hbond substituents is 3. The average Bonchev–Trinajstić information content (AvgIpc) is 2.51. The average molecular weight is 360 g/mol. The van der Waals surface area contributed by atoms with Crippen molar-refractivity contribution in [2.24, 2.45) is 0 Å². The van der Waals surface area contributed by atoms with Crippen LogP contribution in [0.2, 0.25) is 0 Å². The number of ketones is 1. The van der Waals surface area contributed by atoms with Crippen molar-refractivity contribution in [1.82, 2.24) is 0 Å². The predicted octanol–water partition coefficient (Wildman–Crippen LogP) is 2.92. The van der Waals surface area contributed by atoms with Crippen LogP contribution in [0, 0.1) is 6.92 Å². The molecule has 0 aliphatic heterocycles. The van der Waals surface area contributed by atoms with Gasteiger partial charge in [-0.15, -0.1) is 0 Å². The van der Waals surface area contributed by atoms with Crippen LogP contribution in [-0.4, -0.2) is 40.3 Å². The first-order chi connectivity index (χ1) is 12.1. The Bertz CT molecular complexity index is 845. The molecule has 0 saturated carbocycles. The van der Waals surface area contributed by atoms with Crippen LogP contribution in [0.4, 0.5) is 0 Å². The molecule has 0 aliphatic rings. The maximum absolute atomic E-state index is 13.0. The summed E-state index contributed by atoms with van der Waals surface area (Å²) in [6, 6.07) is 4.85. The lowest BCUT2D eigenvalue weighted by Crippen LogP contribution is -2.17. The molecule has 0 amide bonds. The highest BCUT2D eigenvalue weighted by Crippen LogP contribution is 2.36. The molecule has 0 aromatic heterocycles. The molecule has 3 N–H and O–H groups in total. The zero-order valence-corrected chi connectivity index (χ0v) is 14.9. The molecule has 0 radical (unpaired) electrons. The molecule has 7 heteroatoms. The Morgan fingerprint density at radius 2 is 1.54 bits per heavy atom. The number of carbonyl (C=O) groups excluding carboxylic acids is 2. The first-order valence-electron chi connectivity index (χ1n) is 7.85. The molecule has 26 heavy (non-hydrogen) atoms. The fourth-order valence-electron chi connectivity index (χ4n) is 2.54. The van der Waals surface area contributed by atoms with Crippen LogP contribution in [0.3, 0.4) is 0 Å². The third-order valence-electron chi connectivity index (χ3n) is 3.56. The van der Waals surface area contributed by atoms with E-state index in [1.165, 1.54) is 19.2 Å². The minimum atomic E-state index is -0.844. The van der Waals surface area contributed by atoms with E-state index in [2.05, 4.69) is 0 Å². The van der Waals surface area contributed by atoms with Gasteiger partial charge in [-0.2, -0.15) is 0 Å². The van der Waals surface area contributed by atoms with Gasteiger partial charge in [0, 0.05) is 6.07 Å². The maximum Gasteiger partial charge on any atom is 0.339 e. The van der Waals surface area contributed by atoms with Gasteiger partial charge in [-0.1, -0.05) is 0 Å². The molecule has 7 nitrogen and oxygen atoms in total. The van der Waals surface area contributed by atoms with E-state index in [1.807, 2.05) is 0 Å². The minimum Gasteiger partial charge on any atom is -0.508 e. The summed E-state index contributed by atoms with van der Waals surface area (Å²) >= 11 is 0. The normalized spacial score (nSPS) is 10.7. The molecule has 0 saturated heterocycles. The molecular weight excluding hydrogens is 340 g/mol. The van der Waals surface area contributed by atoms with Crippen molar-refractivity contribution in [3.63, 3.8) is 0 Å². The van der Waals surface area contributed by atoms with E-state index in [4.69, 9.17) is 9.47 Å². The minimum absolute atomic E-state index is 0.0925. The van der Waals surface area contributed by atoms with E-state index in [-0.39, 0.29) is 28.2 Å². The summed E-state index contributed by atoms with van der Waals surface area (Å²) in [6.45, 7) is 4.91. The van der Waals surface area contributed by atoms with Gasteiger partial charge in [0.15, 0.2) is 0 Å². The second-order valence-corrected chi connectivity index (χ2v) is 6.03. The fourth-order valence-corrected chi connectivity index (χ4v) is 2.54. The molecule has 138 valence electrons. The van der Waals surface area contributed by atoms with Crippen molar-refractivity contribution in [3.05, 3.63) is 46.5 Å². The second-order valence-electron chi connectivity index (χ2n) is 6.03. The Hall–Kier alpha value is -3.22. The van der Waals surface area contributed by atoms with Crippen LogP contribution in [0.25, 0.3) is 0 Å². The second kappa shape index (κ2) is 7.35. The highest BCUT2D eigenvalue weighted by Gasteiger charge is 2.29. The van der Waals surface area contributed by atoms with Gasteiger partial charge in [-0.25, -0.2) is 4.79 Å². The lowest BCUT2D eigenvalue weighted by molar-refractivity contribution is 0.0374. The first-order valence-corrected chi connectivity index (χ1v) is 7.85. The number of rotatable bonds is 5. The fraction of sp³-hybridized carbons (Fsp3) is 0.263. The number of phenols is 3. The molecule has 2 aromatic rings. The summed E-state index contributed by atoms with van der Waals surface area (Å²) in [7, 11) is 1.26. The van der Waals surface area contributed by atoms with Gasteiger partial charge in [0.2, 0.25) is 5.78 Å². The standard InChI is InChI=1S/C19H20O7/c1-9(2)26-19(24)12-7-11(20)8-15(25-4)16(12)18(23)17-13(21)5-10(3)6-14(17)22/h5-9,20-22H,1-4H3. The van der Waals surface area contributed by atoms with Crippen LogP contribution in [0.1, 0.15) is 45.7 Å². The van der Waals surface area contributed by atoms with Gasteiger partial charge in [0.25, 0.3) is 0 Å². The number of methoxy groups -OCH3 is 1. The molecular formula is C19H20O7. The quantitative estimate of drug-likeness (QED) is 0.555. The Balaban J connectivity index is 2.71. The summed E-state index contributed by atoms with van der Waals surface area (Å²) in [5.74, 6) is -2.95. The predicted molar refractivity (Wildman–Crippen MR) is 93.2 cm³/mol.